The molecule has 3 heterocycles. The molecule has 9 heteroatoms. The molecule has 0 atom stereocenters. The molecule has 33 heavy (non-hydrogen) atoms. The Morgan fingerprint density at radius 3 is 2.91 bits per heavy atom. The maximum Gasteiger partial charge on any atom is 0.252 e. The Morgan fingerprint density at radius 1 is 1.24 bits per heavy atom. The molecule has 0 aliphatic carbocycles. The molecular weight excluding hydrogens is 445 g/mol. The van der Waals surface area contributed by atoms with E-state index in [0.29, 0.717) is 58.7 Å². The van der Waals surface area contributed by atoms with Crippen molar-refractivity contribution >= 4 is 23.3 Å². The molecule has 0 saturated heterocycles. The molecule has 0 fully saturated rings. The maximum absolute atomic E-state index is 14.6. The minimum absolute atomic E-state index is 0.203. The molecule has 1 amide bonds. The number of carbonyl (C=O) groups excluding carboxylic acids is 1. The molecule has 1 aliphatic heterocycles. The Balaban J connectivity index is 1.69. The van der Waals surface area contributed by atoms with Gasteiger partial charge in [0.15, 0.2) is 11.6 Å². The number of nitrogens with zero attached hydrogens (tertiary/aromatic N) is 3. The molecule has 0 spiro atoms. The number of rotatable bonds is 7. The lowest BCUT2D eigenvalue weighted by Gasteiger charge is -2.22. The second-order valence-electron chi connectivity index (χ2n) is 8.01. The zero-order chi connectivity index (χ0) is 23.4. The number of hydrogen-bond acceptors (Lipinski definition) is 6. The number of aromatic nitrogens is 2. The van der Waals surface area contributed by atoms with E-state index in [4.69, 9.17) is 16.3 Å². The summed E-state index contributed by atoms with van der Waals surface area (Å²) in [7, 11) is 3.98. The van der Waals surface area contributed by atoms with Gasteiger partial charge in [-0.1, -0.05) is 11.6 Å². The van der Waals surface area contributed by atoms with Crippen LogP contribution in [0, 0.1) is 5.82 Å². The first kappa shape index (κ1) is 22.9. The number of pyridine rings is 2. The Labute approximate surface area is 197 Å². The summed E-state index contributed by atoms with van der Waals surface area (Å²) < 4.78 is 20.4. The van der Waals surface area contributed by atoms with Gasteiger partial charge in [0, 0.05) is 40.7 Å². The third-order valence-corrected chi connectivity index (χ3v) is 5.43. The summed E-state index contributed by atoms with van der Waals surface area (Å²) in [5.74, 6) is 0.411. The van der Waals surface area contributed by atoms with Gasteiger partial charge in [-0.25, -0.2) is 9.37 Å². The predicted molar refractivity (Wildman–Crippen MR) is 127 cm³/mol. The molecule has 1 aliphatic rings. The normalized spacial score (nSPS) is 12.6. The van der Waals surface area contributed by atoms with Crippen LogP contribution >= 0.6 is 11.6 Å². The van der Waals surface area contributed by atoms with Crippen LogP contribution in [0.25, 0.3) is 22.4 Å². The van der Waals surface area contributed by atoms with Gasteiger partial charge >= 0.3 is 0 Å². The van der Waals surface area contributed by atoms with E-state index in [-0.39, 0.29) is 11.5 Å². The molecule has 0 unspecified atom stereocenters. The second kappa shape index (κ2) is 10.1. The van der Waals surface area contributed by atoms with E-state index in [1.54, 1.807) is 18.3 Å². The number of ether oxygens (including phenoxy) is 1. The summed E-state index contributed by atoms with van der Waals surface area (Å²) >= 11 is 6.10. The second-order valence-corrected chi connectivity index (χ2v) is 8.44. The number of amides is 1. The fourth-order valence-corrected chi connectivity index (χ4v) is 3.75. The van der Waals surface area contributed by atoms with Crippen LogP contribution in [0.2, 0.25) is 5.02 Å². The maximum atomic E-state index is 14.6. The molecule has 2 aromatic heterocycles. The number of anilines is 1. The van der Waals surface area contributed by atoms with E-state index in [9.17, 15) is 9.18 Å². The number of fused-ring (bicyclic) bond motifs is 1. The number of carbonyl (C=O) groups is 1. The van der Waals surface area contributed by atoms with E-state index < -0.39 is 5.82 Å². The van der Waals surface area contributed by atoms with Crippen molar-refractivity contribution in [1.29, 1.82) is 0 Å². The summed E-state index contributed by atoms with van der Waals surface area (Å²) in [6.45, 7) is 2.49. The van der Waals surface area contributed by atoms with Crippen LogP contribution in [-0.2, 0) is 0 Å². The van der Waals surface area contributed by atoms with Gasteiger partial charge in [0.25, 0.3) is 5.91 Å². The Morgan fingerprint density at radius 2 is 2.09 bits per heavy atom. The zero-order valence-electron chi connectivity index (χ0n) is 18.5. The molecule has 7 nitrogen and oxygen atoms in total. The first-order valence-corrected chi connectivity index (χ1v) is 11.1. The first-order chi connectivity index (χ1) is 15.9. The molecule has 172 valence electrons. The van der Waals surface area contributed by atoms with E-state index >= 15 is 0 Å². The van der Waals surface area contributed by atoms with Crippen molar-refractivity contribution in [3.8, 4) is 28.1 Å². The quantitative estimate of drug-likeness (QED) is 0.507. The summed E-state index contributed by atoms with van der Waals surface area (Å²) in [4.78, 5) is 23.5. The largest absolute Gasteiger partial charge is 0.487 e. The van der Waals surface area contributed by atoms with Crippen molar-refractivity contribution < 1.29 is 13.9 Å². The van der Waals surface area contributed by atoms with E-state index in [2.05, 4.69) is 25.5 Å². The van der Waals surface area contributed by atoms with Crippen LogP contribution in [0.4, 0.5) is 10.2 Å². The predicted octanol–water partition coefficient (Wildman–Crippen LogP) is 4.09. The van der Waals surface area contributed by atoms with Crippen LogP contribution in [0.5, 0.6) is 5.75 Å². The Bertz CT molecular complexity index is 1170. The number of benzene rings is 1. The van der Waals surface area contributed by atoms with Crippen LogP contribution in [-0.4, -0.2) is 61.1 Å². The van der Waals surface area contributed by atoms with Crippen LogP contribution in [0.3, 0.4) is 0 Å². The fraction of sp³-hybridized carbons (Fsp3) is 0.292. The van der Waals surface area contributed by atoms with Gasteiger partial charge in [-0.15, -0.1) is 0 Å². The van der Waals surface area contributed by atoms with Crippen molar-refractivity contribution in [2.24, 2.45) is 0 Å². The summed E-state index contributed by atoms with van der Waals surface area (Å²) in [5.41, 5.74) is 2.45. The zero-order valence-corrected chi connectivity index (χ0v) is 19.2. The Kier molecular flexibility index (Phi) is 7.05. The topological polar surface area (TPSA) is 79.4 Å². The van der Waals surface area contributed by atoms with Crippen molar-refractivity contribution in [1.82, 2.24) is 20.2 Å². The minimum atomic E-state index is -0.432. The summed E-state index contributed by atoms with van der Waals surface area (Å²) in [6.07, 6.45) is 4.02. The Hall–Kier alpha value is -3.23. The van der Waals surface area contributed by atoms with Gasteiger partial charge in [-0.2, -0.15) is 0 Å². The van der Waals surface area contributed by atoms with Crippen molar-refractivity contribution in [3.63, 3.8) is 0 Å². The van der Waals surface area contributed by atoms with Gasteiger partial charge in [-0.05, 0) is 57.4 Å². The smallest absolute Gasteiger partial charge is 0.252 e. The van der Waals surface area contributed by atoms with Gasteiger partial charge < -0.3 is 20.3 Å². The van der Waals surface area contributed by atoms with Crippen LogP contribution in [0.15, 0.2) is 42.7 Å². The first-order valence-electron chi connectivity index (χ1n) is 10.7. The highest BCUT2D eigenvalue weighted by Gasteiger charge is 2.21. The molecule has 2 N–H and O–H groups in total. The number of halogens is 2. The third kappa shape index (κ3) is 5.40. The minimum Gasteiger partial charge on any atom is -0.487 e. The molecule has 0 saturated carbocycles. The third-order valence-electron chi connectivity index (χ3n) is 5.20. The average molecular weight is 470 g/mol. The monoisotopic (exact) mass is 469 g/mol. The standard InChI is InChI=1S/C24H25ClFN5O2/c1-31(2)8-3-6-29-24(32)16-10-15(13-27-14-16)18-12-21(19-11-17(25)4-5-20(19)26)30-23-22(18)33-9-7-28-23/h4-5,10-14H,3,6-9H2,1-2H3,(H,28,30)(H,29,32). The lowest BCUT2D eigenvalue weighted by molar-refractivity contribution is 0.0952. The molecule has 0 bridgehead atoms. The van der Waals surface area contributed by atoms with Gasteiger partial charge in [0.1, 0.15) is 12.4 Å². The van der Waals surface area contributed by atoms with Crippen LogP contribution < -0.4 is 15.4 Å². The van der Waals surface area contributed by atoms with Gasteiger partial charge in [0.2, 0.25) is 0 Å². The molecule has 4 rings (SSSR count). The van der Waals surface area contributed by atoms with E-state index in [1.807, 2.05) is 14.1 Å². The SMILES string of the molecule is CN(C)CCCNC(=O)c1cncc(-c2cc(-c3cc(Cl)ccc3F)nc3c2OCCN3)c1. The highest BCUT2D eigenvalue weighted by atomic mass is 35.5. The average Bonchev–Trinajstić information content (AvgIpc) is 2.82. The lowest BCUT2D eigenvalue weighted by atomic mass is 10.0. The molecule has 1 aromatic carbocycles. The molecule has 3 aromatic rings. The number of nitrogens with one attached hydrogen (secondary N) is 2. The summed E-state index contributed by atoms with van der Waals surface area (Å²) in [6, 6.07) is 7.82. The van der Waals surface area contributed by atoms with Gasteiger partial charge in [0.05, 0.1) is 17.8 Å². The highest BCUT2D eigenvalue weighted by Crippen LogP contribution is 2.40. The fourth-order valence-electron chi connectivity index (χ4n) is 3.58. The number of hydrogen-bond donors (Lipinski definition) is 2. The van der Waals surface area contributed by atoms with E-state index in [0.717, 1.165) is 13.0 Å². The summed E-state index contributed by atoms with van der Waals surface area (Å²) in [5, 5.41) is 6.53. The van der Waals surface area contributed by atoms with Crippen molar-refractivity contribution in [2.75, 3.05) is 45.7 Å². The molecular formula is C24H25ClFN5O2. The highest BCUT2D eigenvalue weighted by molar-refractivity contribution is 6.30. The van der Waals surface area contributed by atoms with E-state index in [1.165, 1.54) is 24.4 Å². The van der Waals surface area contributed by atoms with Crippen molar-refractivity contribution in [2.45, 2.75) is 6.42 Å². The van der Waals surface area contributed by atoms with Crippen LogP contribution in [0.1, 0.15) is 16.8 Å². The van der Waals surface area contributed by atoms with Gasteiger partial charge in [-0.3, -0.25) is 9.78 Å². The lowest BCUT2D eigenvalue weighted by Crippen LogP contribution is -2.27. The molecule has 0 radical (unpaired) electrons. The van der Waals surface area contributed by atoms with Crippen molar-refractivity contribution in [3.05, 3.63) is 59.1 Å².